The molecule has 0 fully saturated rings. The number of ether oxygens (including phenoxy) is 1. The predicted molar refractivity (Wildman–Crippen MR) is 82.5 cm³/mol. The number of hydrogen-bond donors (Lipinski definition) is 1. The van der Waals surface area contributed by atoms with Crippen LogP contribution in [0.2, 0.25) is 5.02 Å². The highest BCUT2D eigenvalue weighted by Crippen LogP contribution is 2.22. The number of carbonyl (C=O) groups excluding carboxylic acids is 1. The molecule has 0 radical (unpaired) electrons. The normalized spacial score (nSPS) is 12.2. The number of carbonyl (C=O) groups is 1. The van der Waals surface area contributed by atoms with Crippen LogP contribution in [0.4, 0.5) is 0 Å². The van der Waals surface area contributed by atoms with E-state index in [9.17, 15) is 13.2 Å². The Labute approximate surface area is 134 Å². The summed E-state index contributed by atoms with van der Waals surface area (Å²) in [4.78, 5) is 11.8. The maximum Gasteiger partial charge on any atom is 0.261 e. The summed E-state index contributed by atoms with van der Waals surface area (Å²) in [6.07, 6.45) is 0. The van der Waals surface area contributed by atoms with Crippen LogP contribution in [0.3, 0.4) is 0 Å². The average molecular weight is 354 g/mol. The summed E-state index contributed by atoms with van der Waals surface area (Å²) in [5.41, 5.74) is -0.404. The van der Waals surface area contributed by atoms with Crippen LogP contribution in [-0.4, -0.2) is 33.1 Å². The van der Waals surface area contributed by atoms with Gasteiger partial charge in [0.05, 0.1) is 10.5 Å². The quantitative estimate of drug-likeness (QED) is 0.798. The van der Waals surface area contributed by atoms with Crippen LogP contribution >= 0.6 is 22.3 Å². The molecule has 0 atom stereocenters. The predicted octanol–water partition coefficient (Wildman–Crippen LogP) is 2.81. The molecule has 1 aromatic carbocycles. The lowest BCUT2D eigenvalue weighted by molar-refractivity contribution is -0.00815. The maximum atomic E-state index is 12.1. The van der Waals surface area contributed by atoms with Gasteiger partial charge in [0.2, 0.25) is 0 Å². The fourth-order valence-corrected chi connectivity index (χ4v) is 2.77. The molecule has 0 saturated carbocycles. The molecule has 1 N–H and O–H groups in total. The van der Waals surface area contributed by atoms with Crippen LogP contribution in [0.1, 0.15) is 31.1 Å². The lowest BCUT2D eigenvalue weighted by Crippen LogP contribution is -2.40. The van der Waals surface area contributed by atoms with Gasteiger partial charge in [0, 0.05) is 34.4 Å². The van der Waals surface area contributed by atoms with Crippen molar-refractivity contribution >= 4 is 37.2 Å². The number of amides is 1. The highest BCUT2D eigenvalue weighted by Gasteiger charge is 2.20. The zero-order chi connectivity index (χ0) is 16.3. The molecule has 1 amide bonds. The number of nitrogens with one attached hydrogen (secondary N) is 1. The third-order valence-electron chi connectivity index (χ3n) is 2.62. The van der Waals surface area contributed by atoms with Crippen LogP contribution in [0.25, 0.3) is 0 Å². The smallest absolute Gasteiger partial charge is 0.261 e. The number of benzene rings is 1. The Morgan fingerprint density at radius 1 is 1.33 bits per heavy atom. The third-order valence-corrected chi connectivity index (χ3v) is 4.18. The fourth-order valence-electron chi connectivity index (χ4n) is 1.67. The zero-order valence-electron chi connectivity index (χ0n) is 11.9. The van der Waals surface area contributed by atoms with E-state index in [4.69, 9.17) is 27.0 Å². The Bertz CT molecular complexity index is 629. The number of halogens is 2. The van der Waals surface area contributed by atoms with Gasteiger partial charge in [-0.15, -0.1) is 0 Å². The summed E-state index contributed by atoms with van der Waals surface area (Å²) in [7, 11) is 1.31. The van der Waals surface area contributed by atoms with E-state index >= 15 is 0 Å². The highest BCUT2D eigenvalue weighted by atomic mass is 35.7. The van der Waals surface area contributed by atoms with E-state index in [2.05, 4.69) is 5.32 Å². The monoisotopic (exact) mass is 353 g/mol. The topological polar surface area (TPSA) is 72.5 Å². The summed E-state index contributed by atoms with van der Waals surface area (Å²) in [6.45, 7) is 6.33. The molecule has 0 aliphatic carbocycles. The molecule has 0 heterocycles. The summed E-state index contributed by atoms with van der Waals surface area (Å²) in [5, 5.41) is 2.79. The average Bonchev–Trinajstić information content (AvgIpc) is 2.34. The summed E-state index contributed by atoms with van der Waals surface area (Å²) >= 11 is 5.81. The van der Waals surface area contributed by atoms with E-state index in [1.54, 1.807) is 0 Å². The van der Waals surface area contributed by atoms with Crippen molar-refractivity contribution in [2.75, 3.05) is 13.2 Å². The molecule has 5 nitrogen and oxygen atoms in total. The van der Waals surface area contributed by atoms with Gasteiger partial charge in [-0.2, -0.15) is 0 Å². The van der Waals surface area contributed by atoms with E-state index in [0.29, 0.717) is 6.61 Å². The molecule has 0 aliphatic heterocycles. The van der Waals surface area contributed by atoms with Crippen LogP contribution < -0.4 is 5.32 Å². The van der Waals surface area contributed by atoms with Crippen molar-refractivity contribution in [3.8, 4) is 0 Å². The van der Waals surface area contributed by atoms with E-state index < -0.39 is 20.6 Å². The van der Waals surface area contributed by atoms with Gasteiger partial charge in [0.25, 0.3) is 15.0 Å². The molecule has 0 bridgehead atoms. The van der Waals surface area contributed by atoms with Crippen molar-refractivity contribution in [1.82, 2.24) is 5.32 Å². The summed E-state index contributed by atoms with van der Waals surface area (Å²) in [6, 6.07) is 3.73. The van der Waals surface area contributed by atoms with E-state index in [-0.39, 0.29) is 22.0 Å². The second kappa shape index (κ2) is 6.96. The van der Waals surface area contributed by atoms with Crippen LogP contribution in [-0.2, 0) is 13.8 Å². The Morgan fingerprint density at radius 3 is 2.48 bits per heavy atom. The minimum Gasteiger partial charge on any atom is -0.374 e. The first kappa shape index (κ1) is 18.2. The molecular formula is C13H17Cl2NO4S. The molecule has 0 spiro atoms. The Kier molecular flexibility index (Phi) is 6.04. The van der Waals surface area contributed by atoms with Crippen LogP contribution in [0.5, 0.6) is 0 Å². The van der Waals surface area contributed by atoms with E-state index in [0.717, 1.165) is 0 Å². The van der Waals surface area contributed by atoms with Crippen molar-refractivity contribution in [2.24, 2.45) is 0 Å². The van der Waals surface area contributed by atoms with Gasteiger partial charge in [-0.25, -0.2) is 8.42 Å². The first-order chi connectivity index (χ1) is 9.55. The summed E-state index contributed by atoms with van der Waals surface area (Å²) in [5.74, 6) is -0.452. The molecule has 0 aliphatic rings. The van der Waals surface area contributed by atoms with Crippen molar-refractivity contribution in [1.29, 1.82) is 0 Å². The number of hydrogen-bond acceptors (Lipinski definition) is 4. The molecule has 0 aromatic heterocycles. The largest absolute Gasteiger partial charge is 0.374 e. The molecule has 1 rings (SSSR count). The van der Waals surface area contributed by atoms with Crippen LogP contribution in [0, 0.1) is 0 Å². The minimum absolute atomic E-state index is 0.117. The van der Waals surface area contributed by atoms with E-state index in [1.165, 1.54) is 18.2 Å². The van der Waals surface area contributed by atoms with Crippen molar-refractivity contribution < 1.29 is 17.9 Å². The number of rotatable bonds is 6. The maximum absolute atomic E-state index is 12.1. The lowest BCUT2D eigenvalue weighted by Gasteiger charge is -2.24. The molecule has 0 saturated heterocycles. The molecule has 8 heteroatoms. The third kappa shape index (κ3) is 5.82. The van der Waals surface area contributed by atoms with Gasteiger partial charge in [0.15, 0.2) is 0 Å². The SMILES string of the molecule is CCOC(C)(C)CNC(=O)c1cc(Cl)cc(S(=O)(=O)Cl)c1. The lowest BCUT2D eigenvalue weighted by atomic mass is 10.1. The van der Waals surface area contributed by atoms with Crippen LogP contribution in [0.15, 0.2) is 23.1 Å². The van der Waals surface area contributed by atoms with Gasteiger partial charge in [0.1, 0.15) is 0 Å². The second-order valence-electron chi connectivity index (χ2n) is 4.99. The molecular weight excluding hydrogens is 337 g/mol. The summed E-state index contributed by atoms with van der Waals surface area (Å²) < 4.78 is 28.1. The van der Waals surface area contributed by atoms with Gasteiger partial charge < -0.3 is 10.1 Å². The van der Waals surface area contributed by atoms with E-state index in [1.807, 2.05) is 20.8 Å². The minimum atomic E-state index is -3.95. The van der Waals surface area contributed by atoms with Gasteiger partial charge >= 0.3 is 0 Å². The Hall–Kier alpha value is -0.820. The molecule has 118 valence electrons. The van der Waals surface area contributed by atoms with Gasteiger partial charge in [-0.05, 0) is 39.0 Å². The Morgan fingerprint density at radius 2 is 1.95 bits per heavy atom. The zero-order valence-corrected chi connectivity index (χ0v) is 14.3. The first-order valence-corrected chi connectivity index (χ1v) is 8.91. The van der Waals surface area contributed by atoms with Crippen molar-refractivity contribution in [3.05, 3.63) is 28.8 Å². The van der Waals surface area contributed by atoms with Crippen molar-refractivity contribution in [2.45, 2.75) is 31.3 Å². The molecule has 21 heavy (non-hydrogen) atoms. The van der Waals surface area contributed by atoms with Gasteiger partial charge in [-0.1, -0.05) is 11.6 Å². The highest BCUT2D eigenvalue weighted by molar-refractivity contribution is 8.13. The molecule has 0 unspecified atom stereocenters. The molecule has 1 aromatic rings. The fraction of sp³-hybridized carbons (Fsp3) is 0.462. The van der Waals surface area contributed by atoms with Gasteiger partial charge in [-0.3, -0.25) is 4.79 Å². The standard InChI is InChI=1S/C13H17Cl2NO4S/c1-4-20-13(2,3)8-16-12(17)9-5-10(14)7-11(6-9)21(15,18)19/h5-7H,4,8H2,1-3H3,(H,16,17). The second-order valence-corrected chi connectivity index (χ2v) is 7.99. The van der Waals surface area contributed by atoms with Crippen molar-refractivity contribution in [3.63, 3.8) is 0 Å². The first-order valence-electron chi connectivity index (χ1n) is 6.22. The Balaban J connectivity index is 2.91.